The number of aromatic nitrogens is 1. The predicted molar refractivity (Wildman–Crippen MR) is 50.9 cm³/mol. The van der Waals surface area contributed by atoms with Crippen LogP contribution in [0.4, 0.5) is 0 Å². The van der Waals surface area contributed by atoms with Crippen LogP contribution in [0.2, 0.25) is 0 Å². The van der Waals surface area contributed by atoms with E-state index in [9.17, 15) is 0 Å². The number of hydrogen-bond acceptors (Lipinski definition) is 3. The minimum absolute atomic E-state index is 0.244. The van der Waals surface area contributed by atoms with Gasteiger partial charge in [-0.3, -0.25) is 4.98 Å². The van der Waals surface area contributed by atoms with Crippen molar-refractivity contribution in [3.63, 3.8) is 0 Å². The standard InChI is InChI=1S/C10H13N3/c1-12-10(5-2-6-11)9-4-3-7-13-8-9/h3-4,7-8,10,12H,2,5H2,1H3. The summed E-state index contributed by atoms with van der Waals surface area (Å²) in [4.78, 5) is 4.04. The Bertz CT molecular complexity index is 276. The number of rotatable bonds is 4. The Morgan fingerprint density at radius 1 is 1.69 bits per heavy atom. The summed E-state index contributed by atoms with van der Waals surface area (Å²) < 4.78 is 0. The van der Waals surface area contributed by atoms with Crippen LogP contribution in [-0.4, -0.2) is 12.0 Å². The van der Waals surface area contributed by atoms with E-state index in [2.05, 4.69) is 16.4 Å². The molecule has 1 aromatic heterocycles. The molecule has 1 aromatic rings. The first-order valence-electron chi connectivity index (χ1n) is 4.32. The number of pyridine rings is 1. The van der Waals surface area contributed by atoms with Crippen LogP contribution in [0.5, 0.6) is 0 Å². The van der Waals surface area contributed by atoms with Crippen molar-refractivity contribution < 1.29 is 0 Å². The Labute approximate surface area is 78.4 Å². The first-order chi connectivity index (χ1) is 6.38. The third-order valence-corrected chi connectivity index (χ3v) is 1.98. The van der Waals surface area contributed by atoms with E-state index >= 15 is 0 Å². The Morgan fingerprint density at radius 2 is 2.54 bits per heavy atom. The molecule has 1 rings (SSSR count). The van der Waals surface area contributed by atoms with Crippen molar-refractivity contribution in [2.24, 2.45) is 0 Å². The van der Waals surface area contributed by atoms with Crippen molar-refractivity contribution in [2.45, 2.75) is 18.9 Å². The van der Waals surface area contributed by atoms with Gasteiger partial charge in [-0.15, -0.1) is 0 Å². The monoisotopic (exact) mass is 175 g/mol. The average molecular weight is 175 g/mol. The largest absolute Gasteiger partial charge is 0.313 e. The zero-order valence-corrected chi connectivity index (χ0v) is 7.70. The van der Waals surface area contributed by atoms with Gasteiger partial charge in [0.1, 0.15) is 0 Å². The summed E-state index contributed by atoms with van der Waals surface area (Å²) in [7, 11) is 1.90. The van der Waals surface area contributed by atoms with Gasteiger partial charge in [-0.25, -0.2) is 0 Å². The summed E-state index contributed by atoms with van der Waals surface area (Å²) in [6.07, 6.45) is 4.98. The fourth-order valence-corrected chi connectivity index (χ4v) is 1.27. The molecule has 0 radical (unpaired) electrons. The molecular weight excluding hydrogens is 162 g/mol. The van der Waals surface area contributed by atoms with Crippen LogP contribution in [0.1, 0.15) is 24.4 Å². The van der Waals surface area contributed by atoms with E-state index in [0.717, 1.165) is 12.0 Å². The molecule has 1 N–H and O–H groups in total. The molecule has 0 spiro atoms. The average Bonchev–Trinajstić information content (AvgIpc) is 2.21. The van der Waals surface area contributed by atoms with E-state index < -0.39 is 0 Å². The lowest BCUT2D eigenvalue weighted by Crippen LogP contribution is -2.16. The minimum atomic E-state index is 0.244. The van der Waals surface area contributed by atoms with E-state index in [0.29, 0.717) is 6.42 Å². The van der Waals surface area contributed by atoms with Gasteiger partial charge in [0.2, 0.25) is 0 Å². The van der Waals surface area contributed by atoms with Crippen LogP contribution in [0, 0.1) is 11.3 Å². The molecule has 1 heterocycles. The van der Waals surface area contributed by atoms with E-state index in [1.807, 2.05) is 25.4 Å². The summed E-state index contributed by atoms with van der Waals surface area (Å²) in [5.41, 5.74) is 1.14. The third kappa shape index (κ3) is 2.85. The van der Waals surface area contributed by atoms with Gasteiger partial charge < -0.3 is 5.32 Å². The molecule has 68 valence electrons. The Morgan fingerprint density at radius 3 is 3.08 bits per heavy atom. The molecule has 13 heavy (non-hydrogen) atoms. The van der Waals surface area contributed by atoms with Crippen LogP contribution in [0.25, 0.3) is 0 Å². The highest BCUT2D eigenvalue weighted by Crippen LogP contribution is 2.15. The number of nitrogens with one attached hydrogen (secondary N) is 1. The molecule has 0 aromatic carbocycles. The Kier molecular flexibility index (Phi) is 3.94. The first-order valence-corrected chi connectivity index (χ1v) is 4.32. The summed E-state index contributed by atoms with van der Waals surface area (Å²) >= 11 is 0. The molecule has 1 atom stereocenters. The van der Waals surface area contributed by atoms with Gasteiger partial charge in [0.05, 0.1) is 6.07 Å². The molecule has 0 saturated heterocycles. The molecule has 0 bridgehead atoms. The van der Waals surface area contributed by atoms with Gasteiger partial charge in [-0.05, 0) is 25.1 Å². The lowest BCUT2D eigenvalue weighted by atomic mass is 10.0. The summed E-state index contributed by atoms with van der Waals surface area (Å²) in [5, 5.41) is 11.6. The lowest BCUT2D eigenvalue weighted by Gasteiger charge is -2.13. The zero-order chi connectivity index (χ0) is 9.52. The van der Waals surface area contributed by atoms with E-state index in [1.54, 1.807) is 6.20 Å². The number of hydrogen-bond donors (Lipinski definition) is 1. The van der Waals surface area contributed by atoms with Crippen LogP contribution < -0.4 is 5.32 Å². The van der Waals surface area contributed by atoms with Crippen molar-refractivity contribution in [2.75, 3.05) is 7.05 Å². The van der Waals surface area contributed by atoms with Crippen molar-refractivity contribution in [1.29, 1.82) is 5.26 Å². The molecule has 0 aliphatic rings. The molecule has 0 aliphatic heterocycles. The summed E-state index contributed by atoms with van der Waals surface area (Å²) in [5.74, 6) is 0. The second-order valence-corrected chi connectivity index (χ2v) is 2.82. The second-order valence-electron chi connectivity index (χ2n) is 2.82. The van der Waals surface area contributed by atoms with Crippen molar-refractivity contribution in [3.05, 3.63) is 30.1 Å². The van der Waals surface area contributed by atoms with Crippen LogP contribution in [-0.2, 0) is 0 Å². The Balaban J connectivity index is 2.63. The molecule has 0 aliphatic carbocycles. The summed E-state index contributed by atoms with van der Waals surface area (Å²) in [6.45, 7) is 0. The second kappa shape index (κ2) is 5.28. The highest BCUT2D eigenvalue weighted by atomic mass is 14.9. The summed E-state index contributed by atoms with van der Waals surface area (Å²) in [6, 6.07) is 6.31. The van der Waals surface area contributed by atoms with Crippen LogP contribution >= 0.6 is 0 Å². The lowest BCUT2D eigenvalue weighted by molar-refractivity contribution is 0.555. The van der Waals surface area contributed by atoms with E-state index in [-0.39, 0.29) is 6.04 Å². The van der Waals surface area contributed by atoms with Crippen molar-refractivity contribution in [3.8, 4) is 6.07 Å². The van der Waals surface area contributed by atoms with Gasteiger partial charge in [0, 0.05) is 24.9 Å². The maximum Gasteiger partial charge on any atom is 0.0622 e. The minimum Gasteiger partial charge on any atom is -0.313 e. The molecule has 1 unspecified atom stereocenters. The van der Waals surface area contributed by atoms with Crippen molar-refractivity contribution >= 4 is 0 Å². The molecule has 3 heteroatoms. The van der Waals surface area contributed by atoms with Crippen LogP contribution in [0.3, 0.4) is 0 Å². The first kappa shape index (κ1) is 9.69. The molecule has 0 fully saturated rings. The third-order valence-electron chi connectivity index (χ3n) is 1.98. The SMILES string of the molecule is CNC(CCC#N)c1cccnc1. The highest BCUT2D eigenvalue weighted by Gasteiger charge is 2.07. The van der Waals surface area contributed by atoms with Crippen molar-refractivity contribution in [1.82, 2.24) is 10.3 Å². The number of nitrogens with zero attached hydrogens (tertiary/aromatic N) is 2. The van der Waals surface area contributed by atoms with Gasteiger partial charge in [0.15, 0.2) is 0 Å². The zero-order valence-electron chi connectivity index (χ0n) is 7.70. The maximum atomic E-state index is 8.46. The molecular formula is C10H13N3. The van der Waals surface area contributed by atoms with Gasteiger partial charge in [0.25, 0.3) is 0 Å². The van der Waals surface area contributed by atoms with Gasteiger partial charge in [-0.1, -0.05) is 6.07 Å². The highest BCUT2D eigenvalue weighted by molar-refractivity contribution is 5.13. The fourth-order valence-electron chi connectivity index (χ4n) is 1.27. The van der Waals surface area contributed by atoms with Crippen LogP contribution in [0.15, 0.2) is 24.5 Å². The molecule has 3 nitrogen and oxygen atoms in total. The molecule has 0 amide bonds. The fraction of sp³-hybridized carbons (Fsp3) is 0.400. The number of nitriles is 1. The van der Waals surface area contributed by atoms with E-state index in [1.165, 1.54) is 0 Å². The molecule has 0 saturated carbocycles. The quantitative estimate of drug-likeness (QED) is 0.756. The Hall–Kier alpha value is -1.40. The van der Waals surface area contributed by atoms with Gasteiger partial charge in [-0.2, -0.15) is 5.26 Å². The normalized spacial score (nSPS) is 12.0. The van der Waals surface area contributed by atoms with E-state index in [4.69, 9.17) is 5.26 Å². The maximum absolute atomic E-state index is 8.46. The smallest absolute Gasteiger partial charge is 0.0622 e. The topological polar surface area (TPSA) is 48.7 Å². The predicted octanol–water partition coefficient (Wildman–Crippen LogP) is 1.65. The van der Waals surface area contributed by atoms with Gasteiger partial charge >= 0.3 is 0 Å².